The van der Waals surface area contributed by atoms with Crippen molar-refractivity contribution in [3.05, 3.63) is 47.1 Å². The van der Waals surface area contributed by atoms with Crippen LogP contribution in [-0.4, -0.2) is 52.5 Å². The molecule has 1 fully saturated rings. The molecule has 2 aromatic rings. The van der Waals surface area contributed by atoms with Crippen molar-refractivity contribution in [2.45, 2.75) is 32.2 Å². The third-order valence-corrected chi connectivity index (χ3v) is 5.59. The number of likely N-dealkylation sites (N-methyl/N-ethyl adjacent to an activating group) is 1. The summed E-state index contributed by atoms with van der Waals surface area (Å²) in [5, 5.41) is 8.26. The van der Waals surface area contributed by atoms with Crippen LogP contribution in [0.4, 0.5) is 17.5 Å². The molecular formula is C21H26N8O. The van der Waals surface area contributed by atoms with Gasteiger partial charge in [-0.1, -0.05) is 6.07 Å². The van der Waals surface area contributed by atoms with Gasteiger partial charge in [-0.05, 0) is 37.0 Å². The number of rotatable bonds is 6. The van der Waals surface area contributed by atoms with Gasteiger partial charge in [-0.25, -0.2) is 10.4 Å². The molecule has 9 heteroatoms. The summed E-state index contributed by atoms with van der Waals surface area (Å²) >= 11 is 0. The van der Waals surface area contributed by atoms with Crippen LogP contribution in [0.25, 0.3) is 0 Å². The van der Waals surface area contributed by atoms with Crippen LogP contribution in [0.1, 0.15) is 35.7 Å². The maximum atomic E-state index is 11.7. The molecule has 1 aliphatic carbocycles. The smallest absolute Gasteiger partial charge is 0.244 e. The maximum Gasteiger partial charge on any atom is 0.244 e. The average molecular weight is 406 g/mol. The molecular weight excluding hydrogens is 380 g/mol. The van der Waals surface area contributed by atoms with E-state index in [-0.39, 0.29) is 5.91 Å². The molecule has 0 radical (unpaired) electrons. The van der Waals surface area contributed by atoms with Crippen molar-refractivity contribution in [1.29, 1.82) is 0 Å². The molecule has 2 aliphatic heterocycles. The monoisotopic (exact) mass is 406 g/mol. The lowest BCUT2D eigenvalue weighted by Gasteiger charge is -2.27. The summed E-state index contributed by atoms with van der Waals surface area (Å²) in [5.74, 6) is 1.95. The Morgan fingerprint density at radius 3 is 2.90 bits per heavy atom. The number of aryl methyl sites for hydroxylation is 1. The zero-order valence-corrected chi connectivity index (χ0v) is 17.3. The van der Waals surface area contributed by atoms with Gasteiger partial charge in [-0.2, -0.15) is 4.98 Å². The number of fused-ring (bicyclic) bond motifs is 1. The molecule has 1 amide bonds. The molecule has 0 aromatic carbocycles. The van der Waals surface area contributed by atoms with Gasteiger partial charge in [0.15, 0.2) is 5.82 Å². The largest absolute Gasteiger partial charge is 0.350 e. The number of nitrogens with one attached hydrogen (secondary N) is 3. The minimum Gasteiger partial charge on any atom is -0.350 e. The standard InChI is InChI=1S/C21H26N8O/c1-13-19-20(28(2)12-18(30)26-19)27-21(25-13)23-8-15-9-24-29(11-15)10-14-3-6-17(22-7-14)16-4-5-16/h3,6-7,11,16,24H,4-5,8-10,12H2,1-2H3,(H,26,30)(H,23,25,27). The molecule has 3 aliphatic rings. The Kier molecular flexibility index (Phi) is 4.74. The number of anilines is 3. The number of hydrogen-bond donors (Lipinski definition) is 3. The minimum absolute atomic E-state index is 0.0444. The summed E-state index contributed by atoms with van der Waals surface area (Å²) in [4.78, 5) is 27.3. The molecule has 0 spiro atoms. The molecule has 156 valence electrons. The average Bonchev–Trinajstić information content (AvgIpc) is 3.48. The SMILES string of the molecule is Cc1nc(NCC2=CN(Cc3ccc(C4CC4)nc3)NC2)nc2c1NC(=O)CN2C. The zero-order chi connectivity index (χ0) is 20.7. The van der Waals surface area contributed by atoms with Crippen molar-refractivity contribution in [2.24, 2.45) is 0 Å². The molecule has 0 saturated heterocycles. The van der Waals surface area contributed by atoms with E-state index in [2.05, 4.69) is 54.4 Å². The van der Waals surface area contributed by atoms with E-state index in [0.29, 0.717) is 30.6 Å². The number of amides is 1. The molecule has 0 unspecified atom stereocenters. The van der Waals surface area contributed by atoms with Gasteiger partial charge < -0.3 is 20.5 Å². The third-order valence-electron chi connectivity index (χ3n) is 5.59. The number of nitrogens with zero attached hydrogens (tertiary/aromatic N) is 5. The molecule has 5 rings (SSSR count). The lowest BCUT2D eigenvalue weighted by molar-refractivity contribution is -0.115. The number of aromatic nitrogens is 3. The van der Waals surface area contributed by atoms with Gasteiger partial charge in [0.1, 0.15) is 5.69 Å². The fourth-order valence-electron chi connectivity index (χ4n) is 3.79. The number of pyridine rings is 1. The second-order valence-corrected chi connectivity index (χ2v) is 8.20. The molecule has 1 saturated carbocycles. The Morgan fingerprint density at radius 2 is 2.13 bits per heavy atom. The highest BCUT2D eigenvalue weighted by Crippen LogP contribution is 2.38. The van der Waals surface area contributed by atoms with Crippen LogP contribution in [0.5, 0.6) is 0 Å². The Labute approximate surface area is 175 Å². The second-order valence-electron chi connectivity index (χ2n) is 8.20. The van der Waals surface area contributed by atoms with Gasteiger partial charge in [0, 0.05) is 44.1 Å². The molecule has 30 heavy (non-hydrogen) atoms. The second kappa shape index (κ2) is 7.56. The lowest BCUT2D eigenvalue weighted by Crippen LogP contribution is -2.36. The summed E-state index contributed by atoms with van der Waals surface area (Å²) in [6.07, 6.45) is 6.66. The molecule has 2 aromatic heterocycles. The number of carbonyl (C=O) groups is 1. The molecule has 3 N–H and O–H groups in total. The van der Waals surface area contributed by atoms with Crippen LogP contribution in [0, 0.1) is 6.92 Å². The van der Waals surface area contributed by atoms with Crippen molar-refractivity contribution in [3.8, 4) is 0 Å². The fraction of sp³-hybridized carbons (Fsp3) is 0.429. The number of hydrogen-bond acceptors (Lipinski definition) is 8. The molecule has 0 atom stereocenters. The predicted molar refractivity (Wildman–Crippen MR) is 115 cm³/mol. The van der Waals surface area contributed by atoms with E-state index in [1.54, 1.807) is 0 Å². The summed E-state index contributed by atoms with van der Waals surface area (Å²) in [6.45, 7) is 4.38. The highest BCUT2D eigenvalue weighted by molar-refractivity contribution is 6.00. The van der Waals surface area contributed by atoms with E-state index in [1.165, 1.54) is 29.7 Å². The van der Waals surface area contributed by atoms with Crippen LogP contribution >= 0.6 is 0 Å². The third kappa shape index (κ3) is 3.93. The van der Waals surface area contributed by atoms with Crippen molar-refractivity contribution in [3.63, 3.8) is 0 Å². The Balaban J connectivity index is 1.20. The van der Waals surface area contributed by atoms with Crippen molar-refractivity contribution in [2.75, 3.05) is 42.2 Å². The normalized spacial score (nSPS) is 18.2. The Hall–Kier alpha value is -3.20. The van der Waals surface area contributed by atoms with Crippen LogP contribution in [0.2, 0.25) is 0 Å². The first kappa shape index (κ1) is 18.8. The van der Waals surface area contributed by atoms with Gasteiger partial charge in [0.05, 0.1) is 18.8 Å². The van der Waals surface area contributed by atoms with E-state index in [0.717, 1.165) is 24.6 Å². The quantitative estimate of drug-likeness (QED) is 0.668. The summed E-state index contributed by atoms with van der Waals surface area (Å²) in [5.41, 5.74) is 8.47. The first-order valence-corrected chi connectivity index (χ1v) is 10.3. The van der Waals surface area contributed by atoms with Crippen LogP contribution in [0.3, 0.4) is 0 Å². The van der Waals surface area contributed by atoms with Gasteiger partial charge in [-0.3, -0.25) is 9.78 Å². The van der Waals surface area contributed by atoms with E-state index < -0.39 is 0 Å². The fourth-order valence-corrected chi connectivity index (χ4v) is 3.79. The van der Waals surface area contributed by atoms with Crippen molar-refractivity contribution < 1.29 is 4.79 Å². The van der Waals surface area contributed by atoms with Crippen LogP contribution < -0.4 is 21.0 Å². The van der Waals surface area contributed by atoms with E-state index in [9.17, 15) is 4.79 Å². The topological polar surface area (TPSA) is 98.3 Å². The highest BCUT2D eigenvalue weighted by atomic mass is 16.2. The van der Waals surface area contributed by atoms with E-state index in [4.69, 9.17) is 0 Å². The summed E-state index contributed by atoms with van der Waals surface area (Å²) < 4.78 is 0. The predicted octanol–water partition coefficient (Wildman–Crippen LogP) is 1.76. The van der Waals surface area contributed by atoms with Gasteiger partial charge in [-0.15, -0.1) is 0 Å². The van der Waals surface area contributed by atoms with Crippen molar-refractivity contribution >= 4 is 23.4 Å². The summed E-state index contributed by atoms with van der Waals surface area (Å²) in [6, 6.07) is 4.33. The lowest BCUT2D eigenvalue weighted by atomic mass is 10.2. The molecule has 9 nitrogen and oxygen atoms in total. The Morgan fingerprint density at radius 1 is 1.27 bits per heavy atom. The highest BCUT2D eigenvalue weighted by Gasteiger charge is 2.25. The van der Waals surface area contributed by atoms with Gasteiger partial charge >= 0.3 is 0 Å². The molecule has 4 heterocycles. The van der Waals surface area contributed by atoms with Crippen LogP contribution in [0.15, 0.2) is 30.1 Å². The minimum atomic E-state index is -0.0444. The zero-order valence-electron chi connectivity index (χ0n) is 17.3. The van der Waals surface area contributed by atoms with E-state index >= 15 is 0 Å². The first-order valence-electron chi connectivity index (χ1n) is 10.3. The van der Waals surface area contributed by atoms with Gasteiger partial charge in [0.2, 0.25) is 11.9 Å². The Bertz CT molecular complexity index is 999. The maximum absolute atomic E-state index is 11.7. The van der Waals surface area contributed by atoms with Crippen LogP contribution in [-0.2, 0) is 11.3 Å². The van der Waals surface area contributed by atoms with E-state index in [1.807, 2.05) is 25.1 Å². The number of hydrazine groups is 1. The molecule has 0 bridgehead atoms. The summed E-state index contributed by atoms with van der Waals surface area (Å²) in [7, 11) is 1.86. The number of carbonyl (C=O) groups excluding carboxylic acids is 1. The van der Waals surface area contributed by atoms with Gasteiger partial charge in [0.25, 0.3) is 0 Å². The first-order chi connectivity index (χ1) is 14.5. The van der Waals surface area contributed by atoms with Crippen molar-refractivity contribution in [1.82, 2.24) is 25.4 Å².